The van der Waals surface area contributed by atoms with Crippen molar-refractivity contribution in [1.82, 2.24) is 9.88 Å². The fourth-order valence-electron chi connectivity index (χ4n) is 2.59. The topological polar surface area (TPSA) is 45.3 Å². The minimum atomic E-state index is -0.495. The summed E-state index contributed by atoms with van der Waals surface area (Å²) in [5.74, 6) is 0. The summed E-state index contributed by atoms with van der Waals surface area (Å²) in [5.41, 5.74) is 2.47. The third kappa shape index (κ3) is 2.38. The van der Waals surface area contributed by atoms with Gasteiger partial charge in [-0.25, -0.2) is 4.79 Å². The Balaban J connectivity index is 1.91. The van der Waals surface area contributed by atoms with Crippen molar-refractivity contribution in [2.24, 2.45) is 0 Å². The Kier molecular flexibility index (Phi) is 2.69. The predicted molar refractivity (Wildman–Crippen MR) is 78.6 cm³/mol. The van der Waals surface area contributed by atoms with Crippen LogP contribution in [0.3, 0.4) is 0 Å². The number of nitrogens with zero attached hydrogens (tertiary/aromatic N) is 1. The van der Waals surface area contributed by atoms with E-state index in [0.717, 1.165) is 23.0 Å². The van der Waals surface area contributed by atoms with E-state index in [1.165, 1.54) is 10.5 Å². The molecule has 1 aliphatic rings. The number of H-pyrrole nitrogens is 1. The number of hydrogen-bond acceptors (Lipinski definition) is 2. The van der Waals surface area contributed by atoms with E-state index in [1.54, 1.807) is 4.90 Å². The molecule has 4 nitrogen and oxygen atoms in total. The number of amides is 1. The first kappa shape index (κ1) is 11.8. The Hall–Kier alpha value is -1.97. The normalized spacial score (nSPS) is 15.9. The lowest BCUT2D eigenvalue weighted by molar-refractivity contribution is 0.0222. The summed E-state index contributed by atoms with van der Waals surface area (Å²) < 4.78 is 13.7. The Labute approximate surface area is 120 Å². The highest BCUT2D eigenvalue weighted by atomic mass is 16.6. The van der Waals surface area contributed by atoms with E-state index in [0.29, 0.717) is 13.1 Å². The second-order valence-corrected chi connectivity index (χ2v) is 6.21. The lowest BCUT2D eigenvalue weighted by atomic mass is 10.0. The van der Waals surface area contributed by atoms with E-state index in [9.17, 15) is 4.79 Å². The zero-order valence-corrected chi connectivity index (χ0v) is 12.1. The molecule has 4 heteroatoms. The van der Waals surface area contributed by atoms with Gasteiger partial charge in [-0.1, -0.05) is 18.2 Å². The van der Waals surface area contributed by atoms with Crippen LogP contribution in [0.5, 0.6) is 0 Å². The molecule has 1 N–H and O–H groups in total. The lowest BCUT2D eigenvalue weighted by Gasteiger charge is -2.30. The molecule has 0 saturated carbocycles. The van der Waals surface area contributed by atoms with Crippen molar-refractivity contribution in [2.45, 2.75) is 39.3 Å². The number of hydrogen-bond donors (Lipinski definition) is 1. The van der Waals surface area contributed by atoms with E-state index in [2.05, 4.69) is 0 Å². The molecular weight excluding hydrogens is 252 g/mol. The smallest absolute Gasteiger partial charge is 0.410 e. The van der Waals surface area contributed by atoms with E-state index < -0.39 is 5.60 Å². The van der Waals surface area contributed by atoms with Gasteiger partial charge in [0.2, 0.25) is 0 Å². The molecule has 20 heavy (non-hydrogen) atoms. The molecule has 1 aromatic carbocycles. The highest BCUT2D eigenvalue weighted by molar-refractivity contribution is 5.85. The lowest BCUT2D eigenvalue weighted by Crippen LogP contribution is -2.39. The highest BCUT2D eigenvalue weighted by Gasteiger charge is 2.27. The van der Waals surface area contributed by atoms with Gasteiger partial charge in [-0.3, -0.25) is 0 Å². The maximum absolute atomic E-state index is 12.2. The minimum Gasteiger partial charge on any atom is -0.444 e. The van der Waals surface area contributed by atoms with Crippen molar-refractivity contribution in [3.8, 4) is 0 Å². The number of nitrogens with one attached hydrogen (secondary N) is 1. The number of para-hydroxylation sites is 1. The quantitative estimate of drug-likeness (QED) is 0.799. The number of carbonyl (C=O) groups is 1. The Morgan fingerprint density at radius 3 is 2.90 bits per heavy atom. The van der Waals surface area contributed by atoms with Crippen molar-refractivity contribution in [1.29, 1.82) is 0 Å². The third-order valence-electron chi connectivity index (χ3n) is 3.46. The molecule has 0 radical (unpaired) electrons. The molecule has 0 saturated heterocycles. The monoisotopic (exact) mass is 274 g/mol. The second kappa shape index (κ2) is 4.54. The number of aromatic nitrogens is 1. The number of fused-ring (bicyclic) bond motifs is 3. The van der Waals surface area contributed by atoms with Crippen LogP contribution in [-0.2, 0) is 17.7 Å². The molecule has 0 fully saturated rings. The molecule has 1 amide bonds. The molecule has 0 bridgehead atoms. The largest absolute Gasteiger partial charge is 0.444 e. The summed E-state index contributed by atoms with van der Waals surface area (Å²) in [6.45, 7) is 6.66. The van der Waals surface area contributed by atoms with E-state index in [1.807, 2.05) is 45.0 Å². The molecule has 1 aromatic heterocycles. The van der Waals surface area contributed by atoms with Gasteiger partial charge >= 0.3 is 6.09 Å². The van der Waals surface area contributed by atoms with Crippen LogP contribution in [0, 0.1) is 0 Å². The van der Waals surface area contributed by atoms with Crippen LogP contribution >= 0.6 is 0 Å². The molecule has 0 atom stereocenters. The number of benzene rings is 1. The van der Waals surface area contributed by atoms with Gasteiger partial charge in [0.25, 0.3) is 0 Å². The van der Waals surface area contributed by atoms with E-state index >= 15 is 0 Å². The molecule has 2 aromatic rings. The zero-order chi connectivity index (χ0) is 15.2. The van der Waals surface area contributed by atoms with Crippen molar-refractivity contribution < 1.29 is 10.9 Å². The van der Waals surface area contributed by atoms with Gasteiger partial charge in [0.05, 0.1) is 6.54 Å². The number of rotatable bonds is 0. The van der Waals surface area contributed by atoms with Gasteiger partial charge in [-0.15, -0.1) is 0 Å². The third-order valence-corrected chi connectivity index (χ3v) is 3.46. The predicted octanol–water partition coefficient (Wildman–Crippen LogP) is 3.46. The van der Waals surface area contributed by atoms with Crippen molar-refractivity contribution in [3.63, 3.8) is 0 Å². The number of carbonyl (C=O) groups excluding carboxylic acids is 1. The number of ether oxygens (including phenoxy) is 1. The molecule has 1 aliphatic heterocycles. The van der Waals surface area contributed by atoms with Crippen LogP contribution in [0.4, 0.5) is 4.79 Å². The Bertz CT molecular complexity index is 700. The highest BCUT2D eigenvalue weighted by Crippen LogP contribution is 2.28. The molecule has 0 aliphatic carbocycles. The van der Waals surface area contributed by atoms with Gasteiger partial charge in [0, 0.05) is 23.1 Å². The fourth-order valence-corrected chi connectivity index (χ4v) is 2.59. The first-order valence-electron chi connectivity index (χ1n) is 7.40. The summed E-state index contributed by atoms with van der Waals surface area (Å²) in [4.78, 5) is 15.3. The van der Waals surface area contributed by atoms with Gasteiger partial charge in [-0.2, -0.15) is 0 Å². The van der Waals surface area contributed by atoms with Crippen molar-refractivity contribution >= 4 is 17.0 Å². The Morgan fingerprint density at radius 2 is 2.15 bits per heavy atom. The average Bonchev–Trinajstić information content (AvgIpc) is 2.71. The van der Waals surface area contributed by atoms with Crippen LogP contribution in [0.2, 0.25) is 1.41 Å². The summed E-state index contributed by atoms with van der Waals surface area (Å²) in [6, 6.07) is 7.91. The van der Waals surface area contributed by atoms with Gasteiger partial charge in [0.15, 0.2) is 1.41 Å². The van der Waals surface area contributed by atoms with Crippen LogP contribution in [-0.4, -0.2) is 28.1 Å². The molecule has 0 unspecified atom stereocenters. The summed E-state index contributed by atoms with van der Waals surface area (Å²) in [6.07, 6.45) is 0.458. The number of aromatic amines is 1. The van der Waals surface area contributed by atoms with Crippen LogP contribution in [0.15, 0.2) is 24.3 Å². The molecular formula is C16H20N2O2. The maximum atomic E-state index is 12.2. The maximum Gasteiger partial charge on any atom is 0.410 e. The zero-order valence-electron chi connectivity index (χ0n) is 13.1. The molecule has 106 valence electrons. The van der Waals surface area contributed by atoms with Gasteiger partial charge in [-0.05, 0) is 38.8 Å². The first-order chi connectivity index (χ1) is 9.87. The summed E-state index contributed by atoms with van der Waals surface area (Å²) in [7, 11) is 0. The fraction of sp³-hybridized carbons (Fsp3) is 0.438. The van der Waals surface area contributed by atoms with Gasteiger partial charge in [0.1, 0.15) is 5.60 Å². The van der Waals surface area contributed by atoms with E-state index in [-0.39, 0.29) is 6.09 Å². The minimum absolute atomic E-state index is 0.307. The standard InChI is InChI=1S/C16H20N2O2/c1-16(2,3)20-15(19)18-9-8-12-11-6-4-5-7-13(11)17-14(12)10-18/h4-7,17H,8-10H2,1-3H3/i/hT. The van der Waals surface area contributed by atoms with Gasteiger partial charge < -0.3 is 14.6 Å². The van der Waals surface area contributed by atoms with Crippen LogP contribution in [0.1, 0.15) is 32.0 Å². The SMILES string of the molecule is [3H]n1c2c(c3ccccc31)CCN(C(=O)OC(C)(C)C)C2. The van der Waals surface area contributed by atoms with Crippen molar-refractivity contribution in [3.05, 3.63) is 35.5 Å². The van der Waals surface area contributed by atoms with E-state index in [4.69, 9.17) is 6.15 Å². The van der Waals surface area contributed by atoms with Crippen LogP contribution in [0.25, 0.3) is 10.9 Å². The second-order valence-electron chi connectivity index (χ2n) is 6.21. The molecule has 2 heterocycles. The molecule has 3 rings (SSSR count). The average molecular weight is 274 g/mol. The van der Waals surface area contributed by atoms with Crippen molar-refractivity contribution in [2.75, 3.05) is 6.54 Å². The van der Waals surface area contributed by atoms with Crippen LogP contribution < -0.4 is 0 Å². The summed E-state index contributed by atoms with van der Waals surface area (Å²) >= 11 is 0. The summed E-state index contributed by atoms with van der Waals surface area (Å²) in [5, 5.41) is 1.12. The molecule has 0 spiro atoms. The first-order valence-corrected chi connectivity index (χ1v) is 6.95. The Morgan fingerprint density at radius 1 is 1.40 bits per heavy atom.